The van der Waals surface area contributed by atoms with E-state index in [0.717, 1.165) is 18.2 Å². The van der Waals surface area contributed by atoms with Gasteiger partial charge in [-0.15, -0.1) is 0 Å². The van der Waals surface area contributed by atoms with Gasteiger partial charge < -0.3 is 9.88 Å². The maximum atomic E-state index is 13.5. The van der Waals surface area contributed by atoms with Gasteiger partial charge in [0.15, 0.2) is 0 Å². The first-order valence-electron chi connectivity index (χ1n) is 6.20. The third kappa shape index (κ3) is 1.68. The van der Waals surface area contributed by atoms with Gasteiger partial charge in [0.25, 0.3) is 5.91 Å². The summed E-state index contributed by atoms with van der Waals surface area (Å²) >= 11 is 0. The van der Waals surface area contributed by atoms with Crippen LogP contribution in [0.15, 0.2) is 24.4 Å². The molecule has 0 bridgehead atoms. The van der Waals surface area contributed by atoms with Crippen LogP contribution in [0.4, 0.5) is 4.39 Å². The Morgan fingerprint density at radius 2 is 2.22 bits per heavy atom. The first kappa shape index (κ1) is 11.3. The number of amides is 1. The van der Waals surface area contributed by atoms with Crippen LogP contribution in [0.25, 0.3) is 10.9 Å². The highest BCUT2D eigenvalue weighted by atomic mass is 19.1. The lowest BCUT2D eigenvalue weighted by Gasteiger charge is -2.34. The molecule has 1 amide bonds. The topological polar surface area (TPSA) is 36.1 Å². The van der Waals surface area contributed by atoms with Crippen LogP contribution in [0.3, 0.4) is 0 Å². The normalized spacial score (nSPS) is 15.7. The molecule has 94 valence electrons. The second-order valence-corrected chi connectivity index (χ2v) is 4.90. The van der Waals surface area contributed by atoms with Crippen LogP contribution in [0.1, 0.15) is 29.6 Å². The Morgan fingerprint density at radius 1 is 1.44 bits per heavy atom. The number of hydrogen-bond donors (Lipinski definition) is 1. The standard InChI is InChI=1S/C14H15FN2O/c1-17(11-3-2-4-11)14(18)12-8-10(15)7-9-5-6-16-13(9)12/h5-8,11,16H,2-4H2,1H3. The molecule has 2 aromatic rings. The molecule has 18 heavy (non-hydrogen) atoms. The summed E-state index contributed by atoms with van der Waals surface area (Å²) in [6.45, 7) is 0. The smallest absolute Gasteiger partial charge is 0.256 e. The van der Waals surface area contributed by atoms with E-state index in [1.807, 2.05) is 0 Å². The van der Waals surface area contributed by atoms with Gasteiger partial charge in [0.2, 0.25) is 0 Å². The lowest BCUT2D eigenvalue weighted by molar-refractivity contribution is 0.0653. The molecule has 1 aliphatic rings. The molecule has 0 spiro atoms. The fourth-order valence-electron chi connectivity index (χ4n) is 2.43. The molecular formula is C14H15FN2O. The zero-order valence-corrected chi connectivity index (χ0v) is 10.2. The lowest BCUT2D eigenvalue weighted by atomic mass is 9.91. The summed E-state index contributed by atoms with van der Waals surface area (Å²) in [6.07, 6.45) is 4.99. The molecule has 0 unspecified atom stereocenters. The average molecular weight is 246 g/mol. The highest BCUT2D eigenvalue weighted by molar-refractivity contribution is 6.05. The minimum atomic E-state index is -0.368. The minimum Gasteiger partial charge on any atom is -0.361 e. The first-order valence-corrected chi connectivity index (χ1v) is 6.20. The van der Waals surface area contributed by atoms with Crippen molar-refractivity contribution < 1.29 is 9.18 Å². The number of carbonyl (C=O) groups is 1. The highest BCUT2D eigenvalue weighted by Crippen LogP contribution is 2.27. The van der Waals surface area contributed by atoms with Gasteiger partial charge in [0.1, 0.15) is 5.82 Å². The summed E-state index contributed by atoms with van der Waals surface area (Å²) in [5, 5.41) is 0.736. The molecule has 4 heteroatoms. The zero-order valence-electron chi connectivity index (χ0n) is 10.2. The second-order valence-electron chi connectivity index (χ2n) is 4.90. The Labute approximate surface area is 105 Å². The Hall–Kier alpha value is -1.84. The van der Waals surface area contributed by atoms with Gasteiger partial charge in [-0.25, -0.2) is 4.39 Å². The van der Waals surface area contributed by atoms with Gasteiger partial charge in [-0.05, 0) is 37.5 Å². The summed E-state index contributed by atoms with van der Waals surface area (Å²) in [6, 6.07) is 4.84. The largest absolute Gasteiger partial charge is 0.361 e. The Bertz CT molecular complexity index is 601. The van der Waals surface area contributed by atoms with Gasteiger partial charge in [-0.3, -0.25) is 4.79 Å². The van der Waals surface area contributed by atoms with E-state index < -0.39 is 0 Å². The van der Waals surface area contributed by atoms with Crippen molar-refractivity contribution in [2.75, 3.05) is 7.05 Å². The number of carbonyl (C=O) groups excluding carboxylic acids is 1. The number of halogens is 1. The monoisotopic (exact) mass is 246 g/mol. The number of hydrogen-bond acceptors (Lipinski definition) is 1. The number of nitrogens with one attached hydrogen (secondary N) is 1. The van der Waals surface area contributed by atoms with Gasteiger partial charge in [-0.2, -0.15) is 0 Å². The van der Waals surface area contributed by atoms with Gasteiger partial charge in [-0.1, -0.05) is 0 Å². The van der Waals surface area contributed by atoms with E-state index >= 15 is 0 Å². The SMILES string of the molecule is CN(C(=O)c1cc(F)cc2cc[nH]c12)C1CCC1. The predicted octanol–water partition coefficient (Wildman–Crippen LogP) is 2.93. The van der Waals surface area contributed by atoms with Crippen LogP contribution in [0.5, 0.6) is 0 Å². The number of benzene rings is 1. The number of H-pyrrole nitrogens is 1. The lowest BCUT2D eigenvalue weighted by Crippen LogP contribution is -2.41. The number of aromatic amines is 1. The van der Waals surface area contributed by atoms with E-state index in [0.29, 0.717) is 17.1 Å². The molecule has 0 aliphatic heterocycles. The summed E-state index contributed by atoms with van der Waals surface area (Å²) in [7, 11) is 1.80. The first-order chi connectivity index (χ1) is 8.66. The van der Waals surface area contributed by atoms with Crippen LogP contribution in [-0.4, -0.2) is 28.9 Å². The number of rotatable bonds is 2. The maximum Gasteiger partial charge on any atom is 0.256 e. The van der Waals surface area contributed by atoms with Crippen LogP contribution in [0, 0.1) is 5.82 Å². The summed E-state index contributed by atoms with van der Waals surface area (Å²) in [5.41, 5.74) is 1.14. The highest BCUT2D eigenvalue weighted by Gasteiger charge is 2.27. The zero-order chi connectivity index (χ0) is 12.7. The third-order valence-corrected chi connectivity index (χ3v) is 3.80. The molecule has 1 N–H and O–H groups in total. The quantitative estimate of drug-likeness (QED) is 0.869. The van der Waals surface area contributed by atoms with Gasteiger partial charge >= 0.3 is 0 Å². The van der Waals surface area contributed by atoms with E-state index in [1.54, 1.807) is 24.2 Å². The van der Waals surface area contributed by atoms with E-state index in [9.17, 15) is 9.18 Å². The van der Waals surface area contributed by atoms with E-state index in [4.69, 9.17) is 0 Å². The Kier molecular flexibility index (Phi) is 2.58. The van der Waals surface area contributed by atoms with Crippen LogP contribution in [-0.2, 0) is 0 Å². The van der Waals surface area contributed by atoms with Crippen molar-refractivity contribution in [1.29, 1.82) is 0 Å². The van der Waals surface area contributed by atoms with Crippen molar-refractivity contribution in [3.8, 4) is 0 Å². The molecule has 1 heterocycles. The van der Waals surface area contributed by atoms with Crippen molar-refractivity contribution in [3.63, 3.8) is 0 Å². The van der Waals surface area contributed by atoms with Crippen molar-refractivity contribution in [1.82, 2.24) is 9.88 Å². The van der Waals surface area contributed by atoms with Crippen LogP contribution in [0.2, 0.25) is 0 Å². The van der Waals surface area contributed by atoms with Crippen molar-refractivity contribution in [2.24, 2.45) is 0 Å². The molecule has 1 aliphatic carbocycles. The van der Waals surface area contributed by atoms with Crippen LogP contribution < -0.4 is 0 Å². The molecule has 1 aromatic heterocycles. The molecule has 3 nitrogen and oxygen atoms in total. The molecule has 0 saturated heterocycles. The Balaban J connectivity index is 2.02. The van der Waals surface area contributed by atoms with Gasteiger partial charge in [0.05, 0.1) is 11.1 Å². The number of fused-ring (bicyclic) bond motifs is 1. The third-order valence-electron chi connectivity index (χ3n) is 3.80. The van der Waals surface area contributed by atoms with Crippen molar-refractivity contribution in [3.05, 3.63) is 35.8 Å². The maximum absolute atomic E-state index is 13.5. The predicted molar refractivity (Wildman–Crippen MR) is 68.0 cm³/mol. The second kappa shape index (κ2) is 4.12. The summed E-state index contributed by atoms with van der Waals surface area (Å²) in [5.74, 6) is -0.473. The molecule has 1 aromatic carbocycles. The summed E-state index contributed by atoms with van der Waals surface area (Å²) in [4.78, 5) is 17.1. The number of aromatic nitrogens is 1. The molecule has 1 fully saturated rings. The van der Waals surface area contributed by atoms with Crippen molar-refractivity contribution in [2.45, 2.75) is 25.3 Å². The fourth-order valence-corrected chi connectivity index (χ4v) is 2.43. The fraction of sp³-hybridized carbons (Fsp3) is 0.357. The van der Waals surface area contributed by atoms with E-state index in [-0.39, 0.29) is 11.7 Å². The molecule has 1 saturated carbocycles. The van der Waals surface area contributed by atoms with Crippen molar-refractivity contribution >= 4 is 16.8 Å². The van der Waals surface area contributed by atoms with Crippen LogP contribution >= 0.6 is 0 Å². The Morgan fingerprint density at radius 3 is 2.89 bits per heavy atom. The minimum absolute atomic E-state index is 0.105. The molecular weight excluding hydrogens is 231 g/mol. The average Bonchev–Trinajstić information content (AvgIpc) is 2.72. The molecule has 0 radical (unpaired) electrons. The van der Waals surface area contributed by atoms with E-state index in [2.05, 4.69) is 4.98 Å². The summed E-state index contributed by atoms with van der Waals surface area (Å²) < 4.78 is 13.5. The molecule has 0 atom stereocenters. The number of nitrogens with zero attached hydrogens (tertiary/aromatic N) is 1. The van der Waals surface area contributed by atoms with Gasteiger partial charge in [0, 0.05) is 24.7 Å². The molecule has 3 rings (SSSR count). The van der Waals surface area contributed by atoms with E-state index in [1.165, 1.54) is 18.6 Å².